The van der Waals surface area contributed by atoms with Gasteiger partial charge in [0.25, 0.3) is 0 Å². The van der Waals surface area contributed by atoms with E-state index in [0.717, 1.165) is 25.3 Å². The average molecular weight is 317 g/mol. The molecule has 1 fully saturated rings. The van der Waals surface area contributed by atoms with Crippen molar-refractivity contribution in [3.05, 3.63) is 29.8 Å². The van der Waals surface area contributed by atoms with Gasteiger partial charge in [-0.15, -0.1) is 0 Å². The Morgan fingerprint density at radius 3 is 2.35 bits per heavy atom. The van der Waals surface area contributed by atoms with E-state index >= 15 is 0 Å². The first-order valence-corrected chi connectivity index (χ1v) is 8.35. The molecule has 0 saturated carbocycles. The fourth-order valence-corrected chi connectivity index (χ4v) is 2.78. The van der Waals surface area contributed by atoms with Crippen molar-refractivity contribution in [2.75, 3.05) is 45.6 Å². The molecule has 0 spiro atoms. The van der Waals surface area contributed by atoms with Gasteiger partial charge in [0.05, 0.1) is 6.54 Å². The first-order chi connectivity index (χ1) is 11.0. The van der Waals surface area contributed by atoms with Crippen LogP contribution in [0.15, 0.2) is 24.3 Å². The predicted molar refractivity (Wildman–Crippen MR) is 92.9 cm³/mol. The normalized spacial score (nSPS) is 15.6. The maximum atomic E-state index is 12.0. The first-order valence-electron chi connectivity index (χ1n) is 8.35. The molecule has 1 N–H and O–H groups in total. The summed E-state index contributed by atoms with van der Waals surface area (Å²) in [6, 6.07) is 7.13. The molecule has 1 aliphatic rings. The van der Waals surface area contributed by atoms with Crippen LogP contribution in [0.3, 0.4) is 0 Å². The average Bonchev–Trinajstić information content (AvgIpc) is 2.54. The van der Waals surface area contributed by atoms with E-state index in [1.54, 1.807) is 24.3 Å². The minimum atomic E-state index is 0.0305. The number of anilines is 1. The molecule has 1 aliphatic heterocycles. The minimum Gasteiger partial charge on any atom is -0.326 e. The fraction of sp³-hybridized carbons (Fsp3) is 0.556. The van der Waals surface area contributed by atoms with Crippen LogP contribution in [0.1, 0.15) is 36.0 Å². The maximum absolute atomic E-state index is 12.0. The molecule has 0 atom stereocenters. The van der Waals surface area contributed by atoms with Crippen molar-refractivity contribution in [3.63, 3.8) is 0 Å². The molecule has 1 heterocycles. The highest BCUT2D eigenvalue weighted by Crippen LogP contribution is 2.12. The number of carbonyl (C=O) groups excluding carboxylic acids is 2. The molecule has 0 aromatic heterocycles. The summed E-state index contributed by atoms with van der Waals surface area (Å²) in [6.45, 7) is 3.43. The van der Waals surface area contributed by atoms with Crippen molar-refractivity contribution in [1.29, 1.82) is 0 Å². The lowest BCUT2D eigenvalue weighted by Gasteiger charge is -2.25. The van der Waals surface area contributed by atoms with Gasteiger partial charge in [-0.2, -0.15) is 0 Å². The van der Waals surface area contributed by atoms with E-state index in [1.807, 2.05) is 19.0 Å². The highest BCUT2D eigenvalue weighted by Gasteiger charge is 2.12. The molecule has 23 heavy (non-hydrogen) atoms. The molecule has 2 rings (SSSR count). The molecule has 5 heteroatoms. The van der Waals surface area contributed by atoms with Gasteiger partial charge in [0.2, 0.25) is 5.91 Å². The topological polar surface area (TPSA) is 52.7 Å². The monoisotopic (exact) mass is 317 g/mol. The Morgan fingerprint density at radius 2 is 1.74 bits per heavy atom. The quantitative estimate of drug-likeness (QED) is 0.784. The third kappa shape index (κ3) is 6.12. The number of hydrogen-bond donors (Lipinski definition) is 1. The van der Waals surface area contributed by atoms with Crippen LogP contribution in [0.5, 0.6) is 0 Å². The Morgan fingerprint density at radius 1 is 1.09 bits per heavy atom. The minimum absolute atomic E-state index is 0.0305. The second kappa shape index (κ2) is 8.79. The van der Waals surface area contributed by atoms with E-state index in [2.05, 4.69) is 10.2 Å². The number of likely N-dealkylation sites (tertiary alicyclic amines) is 1. The van der Waals surface area contributed by atoms with Crippen molar-refractivity contribution < 1.29 is 9.59 Å². The summed E-state index contributed by atoms with van der Waals surface area (Å²) < 4.78 is 0. The Balaban J connectivity index is 1.78. The summed E-state index contributed by atoms with van der Waals surface area (Å²) in [5.74, 6) is 0.112. The molecule has 0 bridgehead atoms. The number of hydrogen-bond acceptors (Lipinski definition) is 4. The maximum Gasteiger partial charge on any atom is 0.225 e. The Bertz CT molecular complexity index is 520. The fourth-order valence-electron chi connectivity index (χ4n) is 2.78. The number of ketones is 1. The largest absolute Gasteiger partial charge is 0.326 e. The number of carbonyl (C=O) groups is 2. The van der Waals surface area contributed by atoms with E-state index < -0.39 is 0 Å². The Hall–Kier alpha value is -1.72. The molecule has 0 aliphatic carbocycles. The van der Waals surface area contributed by atoms with Gasteiger partial charge in [-0.25, -0.2) is 0 Å². The number of nitrogens with zero attached hydrogens (tertiary/aromatic N) is 2. The van der Waals surface area contributed by atoms with E-state index in [4.69, 9.17) is 0 Å². The van der Waals surface area contributed by atoms with Gasteiger partial charge >= 0.3 is 0 Å². The molecule has 1 aromatic rings. The number of likely N-dealkylation sites (N-methyl/N-ethyl adjacent to an activating group) is 1. The lowest BCUT2D eigenvalue weighted by Crippen LogP contribution is -2.32. The second-order valence-corrected chi connectivity index (χ2v) is 6.44. The Labute approximate surface area is 138 Å². The van der Waals surface area contributed by atoms with Gasteiger partial charge in [-0.3, -0.25) is 9.59 Å². The van der Waals surface area contributed by atoms with Crippen molar-refractivity contribution in [1.82, 2.24) is 9.80 Å². The van der Waals surface area contributed by atoms with Crippen molar-refractivity contribution >= 4 is 17.4 Å². The van der Waals surface area contributed by atoms with Gasteiger partial charge in [-0.1, -0.05) is 6.42 Å². The van der Waals surface area contributed by atoms with E-state index in [9.17, 15) is 9.59 Å². The lowest BCUT2D eigenvalue weighted by molar-refractivity contribution is -0.116. The van der Waals surface area contributed by atoms with Crippen molar-refractivity contribution in [3.8, 4) is 0 Å². The first kappa shape index (κ1) is 17.6. The third-order valence-corrected chi connectivity index (χ3v) is 4.05. The highest BCUT2D eigenvalue weighted by atomic mass is 16.1. The standard InChI is InChI=1S/C18H27N3O2/c1-20(2)14-17(22)15-6-8-16(9-7-15)19-18(23)10-13-21-11-4-3-5-12-21/h6-9H,3-5,10-14H2,1-2H3,(H,19,23). The van der Waals surface area contributed by atoms with Crippen molar-refractivity contribution in [2.24, 2.45) is 0 Å². The molecule has 1 saturated heterocycles. The van der Waals surface area contributed by atoms with E-state index in [1.165, 1.54) is 19.3 Å². The van der Waals surface area contributed by atoms with Crippen LogP contribution in [0.4, 0.5) is 5.69 Å². The summed E-state index contributed by atoms with van der Waals surface area (Å²) in [7, 11) is 3.74. The molecular formula is C18H27N3O2. The zero-order valence-electron chi connectivity index (χ0n) is 14.2. The van der Waals surface area contributed by atoms with Gasteiger partial charge in [0.1, 0.15) is 0 Å². The van der Waals surface area contributed by atoms with Crippen molar-refractivity contribution in [2.45, 2.75) is 25.7 Å². The number of Topliss-reactive ketones (excluding diaryl/α,β-unsaturated/α-hetero) is 1. The van der Waals surface area contributed by atoms with Crippen LogP contribution in [-0.2, 0) is 4.79 Å². The van der Waals surface area contributed by atoms with Gasteiger partial charge in [0, 0.05) is 24.2 Å². The van der Waals surface area contributed by atoms with E-state index in [0.29, 0.717) is 18.5 Å². The lowest BCUT2D eigenvalue weighted by atomic mass is 10.1. The smallest absolute Gasteiger partial charge is 0.225 e. The summed E-state index contributed by atoms with van der Waals surface area (Å²) >= 11 is 0. The predicted octanol–water partition coefficient (Wildman–Crippen LogP) is 2.25. The zero-order valence-corrected chi connectivity index (χ0v) is 14.2. The molecule has 5 nitrogen and oxygen atoms in total. The molecule has 1 aromatic carbocycles. The number of amides is 1. The van der Waals surface area contributed by atoms with E-state index in [-0.39, 0.29) is 11.7 Å². The third-order valence-electron chi connectivity index (χ3n) is 4.05. The van der Waals surface area contributed by atoms with Crippen LogP contribution in [-0.4, -0.2) is 61.8 Å². The van der Waals surface area contributed by atoms with Crippen LogP contribution < -0.4 is 5.32 Å². The van der Waals surface area contributed by atoms with Crippen LogP contribution in [0.2, 0.25) is 0 Å². The number of rotatable bonds is 7. The zero-order chi connectivity index (χ0) is 16.7. The molecule has 1 amide bonds. The van der Waals surface area contributed by atoms with Crippen LogP contribution in [0, 0.1) is 0 Å². The number of benzene rings is 1. The van der Waals surface area contributed by atoms with Gasteiger partial charge in [0.15, 0.2) is 5.78 Å². The highest BCUT2D eigenvalue weighted by molar-refractivity contribution is 5.98. The molecule has 0 unspecified atom stereocenters. The SMILES string of the molecule is CN(C)CC(=O)c1ccc(NC(=O)CCN2CCCCC2)cc1. The summed E-state index contributed by atoms with van der Waals surface area (Å²) in [4.78, 5) is 28.1. The number of piperidine rings is 1. The summed E-state index contributed by atoms with van der Waals surface area (Å²) in [5.41, 5.74) is 1.42. The summed E-state index contributed by atoms with van der Waals surface area (Å²) in [6.07, 6.45) is 4.30. The number of nitrogens with one attached hydrogen (secondary N) is 1. The Kier molecular flexibility index (Phi) is 6.74. The molecule has 126 valence electrons. The molecule has 0 radical (unpaired) electrons. The summed E-state index contributed by atoms with van der Waals surface area (Å²) in [5, 5.41) is 2.90. The second-order valence-electron chi connectivity index (χ2n) is 6.44. The molecular weight excluding hydrogens is 290 g/mol. The van der Waals surface area contributed by atoms with Gasteiger partial charge < -0.3 is 15.1 Å². The van der Waals surface area contributed by atoms with Gasteiger partial charge in [-0.05, 0) is 64.3 Å². The van der Waals surface area contributed by atoms with Crippen LogP contribution in [0.25, 0.3) is 0 Å². The van der Waals surface area contributed by atoms with Crippen LogP contribution >= 0.6 is 0 Å².